The Morgan fingerprint density at radius 3 is 2.82 bits per heavy atom. The molecule has 28 heavy (non-hydrogen) atoms. The highest BCUT2D eigenvalue weighted by atomic mass is 32.2. The molecule has 1 aliphatic rings. The second-order valence-corrected chi connectivity index (χ2v) is 8.79. The number of nitrogens with zero attached hydrogens (tertiary/aromatic N) is 2. The largest absolute Gasteiger partial charge is 0.301 e. The van der Waals surface area contributed by atoms with Crippen molar-refractivity contribution < 1.29 is 18.0 Å². The molecule has 142 valence electrons. The molecule has 1 aromatic heterocycles. The van der Waals surface area contributed by atoms with Gasteiger partial charge in [-0.2, -0.15) is 0 Å². The number of para-hydroxylation sites is 1. The van der Waals surface area contributed by atoms with Gasteiger partial charge in [-0.25, -0.2) is 13.1 Å². The summed E-state index contributed by atoms with van der Waals surface area (Å²) in [5, 5.41) is 1.11. The van der Waals surface area contributed by atoms with Gasteiger partial charge in [-0.05, 0) is 24.3 Å². The van der Waals surface area contributed by atoms with Crippen LogP contribution in [0.5, 0.6) is 0 Å². The summed E-state index contributed by atoms with van der Waals surface area (Å²) in [6, 6.07) is 13.5. The van der Waals surface area contributed by atoms with E-state index < -0.39 is 15.9 Å². The molecule has 0 saturated heterocycles. The molecule has 1 N–H and O–H groups in total. The number of aromatic nitrogens is 1. The fraction of sp³-hybridized carbons (Fsp3) is 0.105. The summed E-state index contributed by atoms with van der Waals surface area (Å²) in [7, 11) is -4.10. The van der Waals surface area contributed by atoms with E-state index in [4.69, 9.17) is 0 Å². The Bertz CT molecular complexity index is 1190. The van der Waals surface area contributed by atoms with E-state index in [1.165, 1.54) is 28.9 Å². The van der Waals surface area contributed by atoms with Crippen molar-refractivity contribution in [1.29, 1.82) is 0 Å². The topological polar surface area (TPSA) is 96.4 Å². The number of hydrogen-bond acceptors (Lipinski definition) is 6. The molecule has 3 aromatic rings. The van der Waals surface area contributed by atoms with Crippen LogP contribution < -0.4 is 9.62 Å². The van der Waals surface area contributed by atoms with E-state index >= 15 is 0 Å². The summed E-state index contributed by atoms with van der Waals surface area (Å²) < 4.78 is 27.6. The fourth-order valence-electron chi connectivity index (χ4n) is 3.04. The van der Waals surface area contributed by atoms with Gasteiger partial charge in [0.25, 0.3) is 15.9 Å². The number of carbonyl (C=O) groups is 2. The van der Waals surface area contributed by atoms with Gasteiger partial charge in [-0.1, -0.05) is 24.3 Å². The maximum absolute atomic E-state index is 12.8. The summed E-state index contributed by atoms with van der Waals surface area (Å²) in [6.07, 6.45) is 3.04. The van der Waals surface area contributed by atoms with Crippen molar-refractivity contribution in [2.75, 3.05) is 17.2 Å². The predicted octanol–water partition coefficient (Wildman–Crippen LogP) is 2.18. The number of amides is 2. The average Bonchev–Trinajstić information content (AvgIpc) is 2.69. The van der Waals surface area contributed by atoms with Crippen LogP contribution in [0.1, 0.15) is 0 Å². The highest BCUT2D eigenvalue weighted by molar-refractivity contribution is 8.00. The zero-order chi connectivity index (χ0) is 19.7. The van der Waals surface area contributed by atoms with Gasteiger partial charge in [0.05, 0.1) is 16.3 Å². The predicted molar refractivity (Wildman–Crippen MR) is 107 cm³/mol. The smallest absolute Gasteiger partial charge is 0.264 e. The summed E-state index contributed by atoms with van der Waals surface area (Å²) in [4.78, 5) is 30.9. The van der Waals surface area contributed by atoms with Crippen molar-refractivity contribution in [2.45, 2.75) is 9.79 Å². The van der Waals surface area contributed by atoms with Crippen LogP contribution in [0, 0.1) is 0 Å². The molecule has 0 unspecified atom stereocenters. The van der Waals surface area contributed by atoms with Crippen molar-refractivity contribution in [1.82, 2.24) is 9.71 Å². The Balaban J connectivity index is 1.59. The van der Waals surface area contributed by atoms with Gasteiger partial charge in [0, 0.05) is 28.1 Å². The summed E-state index contributed by atoms with van der Waals surface area (Å²) in [5.41, 5.74) is 0.604. The van der Waals surface area contributed by atoms with Crippen LogP contribution in [0.15, 0.2) is 70.7 Å². The number of thioether (sulfide) groups is 1. The first kappa shape index (κ1) is 18.5. The van der Waals surface area contributed by atoms with Gasteiger partial charge in [-0.15, -0.1) is 11.8 Å². The van der Waals surface area contributed by atoms with Gasteiger partial charge in [0.2, 0.25) is 5.91 Å². The summed E-state index contributed by atoms with van der Waals surface area (Å²) in [6.45, 7) is -0.373. The van der Waals surface area contributed by atoms with E-state index in [0.717, 1.165) is 4.90 Å². The van der Waals surface area contributed by atoms with E-state index in [1.807, 2.05) is 12.1 Å². The second kappa shape index (κ2) is 7.25. The van der Waals surface area contributed by atoms with Gasteiger partial charge in [0.15, 0.2) is 0 Å². The zero-order valence-electron chi connectivity index (χ0n) is 14.5. The number of benzene rings is 2. The van der Waals surface area contributed by atoms with Crippen molar-refractivity contribution in [3.8, 4) is 0 Å². The van der Waals surface area contributed by atoms with E-state index in [9.17, 15) is 18.0 Å². The molecular weight excluding hydrogens is 398 g/mol. The quantitative estimate of drug-likeness (QED) is 0.704. The van der Waals surface area contributed by atoms with Crippen molar-refractivity contribution in [3.63, 3.8) is 0 Å². The zero-order valence-corrected chi connectivity index (χ0v) is 16.2. The third-order valence-electron chi connectivity index (χ3n) is 4.29. The van der Waals surface area contributed by atoms with Crippen LogP contribution in [0.2, 0.25) is 0 Å². The van der Waals surface area contributed by atoms with E-state index in [1.54, 1.807) is 36.5 Å². The Kier molecular flexibility index (Phi) is 4.78. The van der Waals surface area contributed by atoms with Crippen LogP contribution in [0.4, 0.5) is 5.69 Å². The van der Waals surface area contributed by atoms with Gasteiger partial charge >= 0.3 is 0 Å². The minimum Gasteiger partial charge on any atom is -0.301 e. The van der Waals surface area contributed by atoms with Crippen LogP contribution in [-0.4, -0.2) is 37.5 Å². The molecule has 0 spiro atoms. The maximum Gasteiger partial charge on any atom is 0.264 e. The second-order valence-electron chi connectivity index (χ2n) is 6.12. The highest BCUT2D eigenvalue weighted by Gasteiger charge is 2.28. The molecular formula is C19H15N3O4S2. The van der Waals surface area contributed by atoms with Gasteiger partial charge in [0.1, 0.15) is 6.54 Å². The highest BCUT2D eigenvalue weighted by Crippen LogP contribution is 2.34. The molecule has 0 saturated carbocycles. The lowest BCUT2D eigenvalue weighted by Gasteiger charge is -2.28. The standard InChI is InChI=1S/C19H15N3O4S2/c23-18(11-22-15-5-1-2-6-16(15)27-12-19(22)24)21-28(25,26)17-7-3-4-13-10-20-9-8-14(13)17/h1-10H,11-12H2,(H,21,23). The molecule has 9 heteroatoms. The van der Waals surface area contributed by atoms with E-state index in [-0.39, 0.29) is 23.1 Å². The maximum atomic E-state index is 12.8. The summed E-state index contributed by atoms with van der Waals surface area (Å²) >= 11 is 1.39. The van der Waals surface area contributed by atoms with Crippen LogP contribution in [0.3, 0.4) is 0 Å². The molecule has 1 aliphatic heterocycles. The lowest BCUT2D eigenvalue weighted by molar-refractivity contribution is -0.121. The lowest BCUT2D eigenvalue weighted by Crippen LogP contribution is -2.44. The first-order valence-corrected chi connectivity index (χ1v) is 10.8. The lowest BCUT2D eigenvalue weighted by atomic mass is 10.2. The number of hydrogen-bond donors (Lipinski definition) is 1. The average molecular weight is 413 g/mol. The number of sulfonamides is 1. The minimum atomic E-state index is -4.10. The van der Waals surface area contributed by atoms with Crippen molar-refractivity contribution >= 4 is 50.1 Å². The van der Waals surface area contributed by atoms with Crippen molar-refractivity contribution in [3.05, 3.63) is 60.9 Å². The van der Waals surface area contributed by atoms with Crippen molar-refractivity contribution in [2.24, 2.45) is 0 Å². The number of pyridine rings is 1. The number of carbonyl (C=O) groups excluding carboxylic acids is 2. The molecule has 0 radical (unpaired) electrons. The Hall–Kier alpha value is -2.91. The Labute approximate surface area is 165 Å². The monoisotopic (exact) mass is 413 g/mol. The molecule has 0 aliphatic carbocycles. The number of nitrogens with one attached hydrogen (secondary N) is 1. The molecule has 0 atom stereocenters. The molecule has 7 nitrogen and oxygen atoms in total. The normalized spacial score (nSPS) is 14.0. The number of rotatable bonds is 4. The van der Waals surface area contributed by atoms with Crippen LogP contribution >= 0.6 is 11.8 Å². The number of fused-ring (bicyclic) bond motifs is 2. The molecule has 2 heterocycles. The molecule has 4 rings (SSSR count). The first-order valence-electron chi connectivity index (χ1n) is 8.36. The molecule has 0 bridgehead atoms. The number of anilines is 1. The minimum absolute atomic E-state index is 0.0123. The van der Waals surface area contributed by atoms with Gasteiger partial charge < -0.3 is 4.90 Å². The molecule has 2 amide bonds. The summed E-state index contributed by atoms with van der Waals surface area (Å²) in [5.74, 6) is -0.818. The van der Waals surface area contributed by atoms with E-state index in [2.05, 4.69) is 9.71 Å². The Morgan fingerprint density at radius 2 is 1.96 bits per heavy atom. The fourth-order valence-corrected chi connectivity index (χ4v) is 5.18. The third kappa shape index (κ3) is 3.46. The van der Waals surface area contributed by atoms with Gasteiger partial charge in [-0.3, -0.25) is 14.6 Å². The van der Waals surface area contributed by atoms with Crippen LogP contribution in [-0.2, 0) is 19.6 Å². The Morgan fingerprint density at radius 1 is 1.14 bits per heavy atom. The SMILES string of the molecule is O=C(CN1C(=O)CSc2ccccc21)NS(=O)(=O)c1cccc2cnccc12. The third-order valence-corrected chi connectivity index (χ3v) is 6.77. The molecule has 2 aromatic carbocycles. The van der Waals surface area contributed by atoms with E-state index in [0.29, 0.717) is 16.5 Å². The van der Waals surface area contributed by atoms with Crippen LogP contribution in [0.25, 0.3) is 10.8 Å². The first-order chi connectivity index (χ1) is 13.5. The molecule has 0 fully saturated rings.